The van der Waals surface area contributed by atoms with Gasteiger partial charge in [-0.05, 0) is 18.2 Å². The third-order valence-corrected chi connectivity index (χ3v) is 2.66. The number of carbonyl (C=O) groups is 1. The SMILES string of the molecule is COCCN(CCOC)C(=O)c1cccc(C#N)c1. The Bertz CT molecular complexity index is 446. The average Bonchev–Trinajstić information content (AvgIpc) is 2.47. The van der Waals surface area contributed by atoms with Crippen LogP contribution in [0, 0.1) is 11.3 Å². The zero-order valence-electron chi connectivity index (χ0n) is 11.3. The summed E-state index contributed by atoms with van der Waals surface area (Å²) >= 11 is 0. The van der Waals surface area contributed by atoms with Gasteiger partial charge in [0.25, 0.3) is 5.91 Å². The summed E-state index contributed by atoms with van der Waals surface area (Å²) in [5.41, 5.74) is 0.982. The van der Waals surface area contributed by atoms with Gasteiger partial charge in [-0.2, -0.15) is 5.26 Å². The quantitative estimate of drug-likeness (QED) is 0.743. The Morgan fingerprint density at radius 3 is 2.42 bits per heavy atom. The van der Waals surface area contributed by atoms with Crippen molar-refractivity contribution in [2.24, 2.45) is 0 Å². The largest absolute Gasteiger partial charge is 0.383 e. The second-order valence-electron chi connectivity index (χ2n) is 3.97. The van der Waals surface area contributed by atoms with Gasteiger partial charge in [-0.1, -0.05) is 6.07 Å². The van der Waals surface area contributed by atoms with E-state index in [2.05, 4.69) is 0 Å². The van der Waals surface area contributed by atoms with E-state index in [0.29, 0.717) is 37.4 Å². The average molecular weight is 262 g/mol. The van der Waals surface area contributed by atoms with E-state index in [1.807, 2.05) is 6.07 Å². The van der Waals surface area contributed by atoms with Gasteiger partial charge in [0.1, 0.15) is 0 Å². The van der Waals surface area contributed by atoms with Crippen LogP contribution in [-0.2, 0) is 9.47 Å². The topological polar surface area (TPSA) is 62.6 Å². The zero-order chi connectivity index (χ0) is 14.1. The highest BCUT2D eigenvalue weighted by atomic mass is 16.5. The lowest BCUT2D eigenvalue weighted by atomic mass is 10.1. The minimum Gasteiger partial charge on any atom is -0.383 e. The smallest absolute Gasteiger partial charge is 0.254 e. The van der Waals surface area contributed by atoms with Gasteiger partial charge in [0, 0.05) is 32.9 Å². The minimum absolute atomic E-state index is 0.119. The monoisotopic (exact) mass is 262 g/mol. The normalized spacial score (nSPS) is 9.95. The van der Waals surface area contributed by atoms with Crippen LogP contribution in [-0.4, -0.2) is 51.3 Å². The molecule has 0 aromatic heterocycles. The molecule has 5 nitrogen and oxygen atoms in total. The molecular formula is C14H18N2O3. The first-order valence-electron chi connectivity index (χ1n) is 6.00. The van der Waals surface area contributed by atoms with Crippen LogP contribution in [0.25, 0.3) is 0 Å². The van der Waals surface area contributed by atoms with Crippen LogP contribution in [0.2, 0.25) is 0 Å². The second-order valence-corrected chi connectivity index (χ2v) is 3.97. The Morgan fingerprint density at radius 1 is 1.26 bits per heavy atom. The molecule has 1 rings (SSSR count). The number of amides is 1. The molecule has 0 N–H and O–H groups in total. The Morgan fingerprint density at radius 2 is 1.89 bits per heavy atom. The zero-order valence-corrected chi connectivity index (χ0v) is 11.3. The van der Waals surface area contributed by atoms with Crippen molar-refractivity contribution in [2.45, 2.75) is 0 Å². The summed E-state index contributed by atoms with van der Waals surface area (Å²) in [4.78, 5) is 14.0. The third-order valence-electron chi connectivity index (χ3n) is 2.66. The number of nitriles is 1. The molecule has 0 fully saturated rings. The summed E-state index contributed by atoms with van der Waals surface area (Å²) in [5, 5.41) is 8.85. The number of benzene rings is 1. The van der Waals surface area contributed by atoms with Gasteiger partial charge in [0.15, 0.2) is 0 Å². The van der Waals surface area contributed by atoms with E-state index in [0.717, 1.165) is 0 Å². The van der Waals surface area contributed by atoms with Crippen LogP contribution in [0.5, 0.6) is 0 Å². The molecular weight excluding hydrogens is 244 g/mol. The predicted molar refractivity (Wildman–Crippen MR) is 70.8 cm³/mol. The molecule has 0 unspecified atom stereocenters. The summed E-state index contributed by atoms with van der Waals surface area (Å²) in [5.74, 6) is -0.119. The van der Waals surface area contributed by atoms with E-state index in [1.54, 1.807) is 43.4 Å². The van der Waals surface area contributed by atoms with Crippen molar-refractivity contribution in [1.29, 1.82) is 5.26 Å². The summed E-state index contributed by atoms with van der Waals surface area (Å²) in [7, 11) is 3.19. The summed E-state index contributed by atoms with van der Waals surface area (Å²) < 4.78 is 9.99. The van der Waals surface area contributed by atoms with Gasteiger partial charge < -0.3 is 14.4 Å². The van der Waals surface area contributed by atoms with Gasteiger partial charge in [0.2, 0.25) is 0 Å². The molecule has 0 aliphatic rings. The highest BCUT2D eigenvalue weighted by Gasteiger charge is 2.15. The number of hydrogen-bond acceptors (Lipinski definition) is 4. The third kappa shape index (κ3) is 4.70. The standard InChI is InChI=1S/C14H18N2O3/c1-18-8-6-16(7-9-19-2)14(17)13-5-3-4-12(10-13)11-15/h3-5,10H,6-9H2,1-2H3. The maximum atomic E-state index is 12.3. The van der Waals surface area contributed by atoms with E-state index in [4.69, 9.17) is 14.7 Å². The van der Waals surface area contributed by atoms with E-state index < -0.39 is 0 Å². The van der Waals surface area contributed by atoms with Gasteiger partial charge in [0.05, 0.1) is 24.8 Å². The predicted octanol–water partition coefficient (Wildman–Crippen LogP) is 1.29. The van der Waals surface area contributed by atoms with Crippen molar-refractivity contribution >= 4 is 5.91 Å². The van der Waals surface area contributed by atoms with Gasteiger partial charge in [-0.3, -0.25) is 4.79 Å². The number of ether oxygens (including phenoxy) is 2. The highest BCUT2D eigenvalue weighted by molar-refractivity contribution is 5.94. The van der Waals surface area contributed by atoms with Crippen molar-refractivity contribution in [3.05, 3.63) is 35.4 Å². The van der Waals surface area contributed by atoms with Crippen LogP contribution in [0.1, 0.15) is 15.9 Å². The molecule has 0 spiro atoms. The van der Waals surface area contributed by atoms with Gasteiger partial charge in [-0.25, -0.2) is 0 Å². The molecule has 0 heterocycles. The maximum absolute atomic E-state index is 12.3. The number of rotatable bonds is 7. The molecule has 102 valence electrons. The first-order valence-corrected chi connectivity index (χ1v) is 6.00. The lowest BCUT2D eigenvalue weighted by molar-refractivity contribution is 0.0627. The lowest BCUT2D eigenvalue weighted by Crippen LogP contribution is -2.36. The molecule has 19 heavy (non-hydrogen) atoms. The van der Waals surface area contributed by atoms with E-state index in [1.165, 1.54) is 0 Å². The molecule has 1 aromatic rings. The molecule has 0 aliphatic carbocycles. The molecule has 1 aromatic carbocycles. The summed E-state index contributed by atoms with van der Waals surface area (Å²) in [6, 6.07) is 8.70. The fourth-order valence-electron chi connectivity index (χ4n) is 1.62. The van der Waals surface area contributed by atoms with Crippen molar-refractivity contribution in [2.75, 3.05) is 40.5 Å². The number of carbonyl (C=O) groups excluding carboxylic acids is 1. The Balaban J connectivity index is 2.81. The fraction of sp³-hybridized carbons (Fsp3) is 0.429. The molecule has 5 heteroatoms. The lowest BCUT2D eigenvalue weighted by Gasteiger charge is -2.22. The molecule has 1 amide bonds. The molecule has 0 radical (unpaired) electrons. The summed E-state index contributed by atoms with van der Waals surface area (Å²) in [6.45, 7) is 1.92. The van der Waals surface area contributed by atoms with Crippen molar-refractivity contribution in [1.82, 2.24) is 4.90 Å². The summed E-state index contributed by atoms with van der Waals surface area (Å²) in [6.07, 6.45) is 0. The van der Waals surface area contributed by atoms with Gasteiger partial charge in [-0.15, -0.1) is 0 Å². The van der Waals surface area contributed by atoms with E-state index in [-0.39, 0.29) is 5.91 Å². The Kier molecular flexibility index (Phi) is 6.58. The van der Waals surface area contributed by atoms with Crippen LogP contribution in [0.15, 0.2) is 24.3 Å². The molecule has 0 aliphatic heterocycles. The maximum Gasteiger partial charge on any atom is 0.254 e. The Hall–Kier alpha value is -1.90. The Labute approximate surface area is 113 Å². The number of methoxy groups -OCH3 is 2. The first-order chi connectivity index (χ1) is 9.22. The van der Waals surface area contributed by atoms with Gasteiger partial charge >= 0.3 is 0 Å². The van der Waals surface area contributed by atoms with Crippen molar-refractivity contribution in [3.8, 4) is 6.07 Å². The second kappa shape index (κ2) is 8.25. The van der Waals surface area contributed by atoms with Crippen LogP contribution < -0.4 is 0 Å². The number of nitrogens with zero attached hydrogens (tertiary/aromatic N) is 2. The van der Waals surface area contributed by atoms with Crippen molar-refractivity contribution in [3.63, 3.8) is 0 Å². The highest BCUT2D eigenvalue weighted by Crippen LogP contribution is 2.08. The molecule has 0 saturated heterocycles. The van der Waals surface area contributed by atoms with Crippen LogP contribution >= 0.6 is 0 Å². The number of hydrogen-bond donors (Lipinski definition) is 0. The van der Waals surface area contributed by atoms with Crippen LogP contribution in [0.3, 0.4) is 0 Å². The van der Waals surface area contributed by atoms with Crippen LogP contribution in [0.4, 0.5) is 0 Å². The first kappa shape index (κ1) is 15.2. The van der Waals surface area contributed by atoms with E-state index in [9.17, 15) is 4.79 Å². The molecule has 0 atom stereocenters. The molecule has 0 bridgehead atoms. The van der Waals surface area contributed by atoms with Crippen molar-refractivity contribution < 1.29 is 14.3 Å². The minimum atomic E-state index is -0.119. The van der Waals surface area contributed by atoms with E-state index >= 15 is 0 Å². The molecule has 0 saturated carbocycles. The fourth-order valence-corrected chi connectivity index (χ4v) is 1.62.